The fourth-order valence-electron chi connectivity index (χ4n) is 2.62. The van der Waals surface area contributed by atoms with Gasteiger partial charge < -0.3 is 5.11 Å². The quantitative estimate of drug-likeness (QED) is 0.478. The largest absolute Gasteiger partial charge is 0.480 e. The van der Waals surface area contributed by atoms with Gasteiger partial charge in [0.15, 0.2) is 0 Å². The summed E-state index contributed by atoms with van der Waals surface area (Å²) in [5.74, 6) is -3.10. The van der Waals surface area contributed by atoms with Crippen molar-refractivity contribution in [3.63, 3.8) is 0 Å². The summed E-state index contributed by atoms with van der Waals surface area (Å²) in [5.41, 5.74) is 0.810. The van der Waals surface area contributed by atoms with Gasteiger partial charge >= 0.3 is 5.97 Å². The highest BCUT2D eigenvalue weighted by molar-refractivity contribution is 8.26. The Morgan fingerprint density at radius 2 is 1.96 bits per heavy atom. The van der Waals surface area contributed by atoms with E-state index in [4.69, 9.17) is 17.3 Å². The minimum Gasteiger partial charge on any atom is -0.480 e. The van der Waals surface area contributed by atoms with E-state index >= 15 is 0 Å². The van der Waals surface area contributed by atoms with Crippen molar-refractivity contribution in [1.29, 1.82) is 0 Å². The number of aliphatic carboxylic acids is 1. The molecule has 0 radical (unpaired) electrons. The average molecular weight is 376 g/mol. The van der Waals surface area contributed by atoms with Crippen molar-refractivity contribution in [2.75, 3.05) is 6.54 Å². The number of hydrogen-bond donors (Lipinski definition) is 1. The molecule has 2 aliphatic heterocycles. The molecule has 1 N–H and O–H groups in total. The Bertz CT molecular complexity index is 821. The van der Waals surface area contributed by atoms with Crippen LogP contribution < -0.4 is 0 Å². The molecule has 2 aliphatic rings. The molecule has 128 valence electrons. The number of rotatable bonds is 4. The molecule has 7 nitrogen and oxygen atoms in total. The van der Waals surface area contributed by atoms with Crippen LogP contribution in [0.2, 0.25) is 0 Å². The molecule has 1 aromatic carbocycles. The number of benzene rings is 1. The first-order chi connectivity index (χ1) is 11.9. The van der Waals surface area contributed by atoms with Crippen LogP contribution in [0.15, 0.2) is 35.2 Å². The number of nitrogens with zero attached hydrogens (tertiary/aromatic N) is 2. The van der Waals surface area contributed by atoms with E-state index in [1.165, 1.54) is 0 Å². The molecule has 25 heavy (non-hydrogen) atoms. The van der Waals surface area contributed by atoms with Gasteiger partial charge in [-0.25, -0.2) is 0 Å². The van der Waals surface area contributed by atoms with Crippen LogP contribution in [0.5, 0.6) is 0 Å². The molecule has 2 saturated heterocycles. The molecule has 0 spiro atoms. The topological polar surface area (TPSA) is 95.0 Å². The van der Waals surface area contributed by atoms with Crippen molar-refractivity contribution in [2.24, 2.45) is 0 Å². The molecule has 1 unspecified atom stereocenters. The molecule has 1 aromatic rings. The maximum atomic E-state index is 12.6. The molecular weight excluding hydrogens is 364 g/mol. The number of thioether (sulfide) groups is 1. The number of carboxylic acids is 1. The minimum atomic E-state index is -1.29. The number of carbonyl (C=O) groups is 4. The van der Waals surface area contributed by atoms with Crippen molar-refractivity contribution in [3.8, 4) is 0 Å². The van der Waals surface area contributed by atoms with Crippen LogP contribution in [0.3, 0.4) is 0 Å². The number of thiocarbonyl (C=S) groups is 1. The van der Waals surface area contributed by atoms with Crippen LogP contribution in [0.4, 0.5) is 0 Å². The number of hydrogen-bond acceptors (Lipinski definition) is 6. The third-order valence-corrected chi connectivity index (χ3v) is 5.08. The molecule has 1 atom stereocenters. The Balaban J connectivity index is 1.84. The van der Waals surface area contributed by atoms with Gasteiger partial charge in [0.25, 0.3) is 11.8 Å². The Hall–Kier alpha value is -2.52. The second-order valence-electron chi connectivity index (χ2n) is 5.39. The maximum Gasteiger partial charge on any atom is 0.323 e. The molecular formula is C16H12N2O5S2. The molecule has 2 fully saturated rings. The van der Waals surface area contributed by atoms with E-state index in [1.807, 2.05) is 30.3 Å². The first-order valence-electron chi connectivity index (χ1n) is 7.26. The number of amides is 3. The first-order valence-corrected chi connectivity index (χ1v) is 8.49. The Labute approximate surface area is 152 Å². The monoisotopic (exact) mass is 376 g/mol. The average Bonchev–Trinajstić information content (AvgIpc) is 2.98. The molecule has 3 rings (SSSR count). The van der Waals surface area contributed by atoms with E-state index in [0.29, 0.717) is 9.81 Å². The van der Waals surface area contributed by atoms with Gasteiger partial charge in [-0.2, -0.15) is 0 Å². The van der Waals surface area contributed by atoms with Gasteiger partial charge in [-0.3, -0.25) is 29.0 Å². The highest BCUT2D eigenvalue weighted by Gasteiger charge is 2.48. The van der Waals surface area contributed by atoms with Crippen LogP contribution in [-0.2, 0) is 19.2 Å². The van der Waals surface area contributed by atoms with E-state index < -0.39 is 36.3 Å². The summed E-state index contributed by atoms with van der Waals surface area (Å²) in [6.07, 6.45) is 1.40. The number of carboxylic acid groups (broad SMARTS) is 1. The van der Waals surface area contributed by atoms with Crippen molar-refractivity contribution < 1.29 is 24.3 Å². The van der Waals surface area contributed by atoms with Gasteiger partial charge in [0, 0.05) is 0 Å². The normalized spacial score (nSPS) is 22.4. The zero-order valence-electron chi connectivity index (χ0n) is 12.7. The summed E-state index contributed by atoms with van der Waals surface area (Å²) in [5, 5.41) is 8.81. The zero-order chi connectivity index (χ0) is 18.1. The molecule has 9 heteroatoms. The van der Waals surface area contributed by atoms with Gasteiger partial charge in [0.2, 0.25) is 5.91 Å². The SMILES string of the molecule is O=C(O)CN1C(=O)CC(N2C(=O)/C(=C/c3ccccc3)SC2=S)C1=O. The summed E-state index contributed by atoms with van der Waals surface area (Å²) in [7, 11) is 0. The molecule has 0 aromatic heterocycles. The van der Waals surface area contributed by atoms with E-state index in [9.17, 15) is 19.2 Å². The van der Waals surface area contributed by atoms with Crippen LogP contribution in [0.1, 0.15) is 12.0 Å². The van der Waals surface area contributed by atoms with Gasteiger partial charge in [0.1, 0.15) is 16.9 Å². The highest BCUT2D eigenvalue weighted by Crippen LogP contribution is 2.36. The lowest BCUT2D eigenvalue weighted by Crippen LogP contribution is -2.45. The van der Waals surface area contributed by atoms with Crippen molar-refractivity contribution in [2.45, 2.75) is 12.5 Å². The van der Waals surface area contributed by atoms with Gasteiger partial charge in [0.05, 0.1) is 11.3 Å². The van der Waals surface area contributed by atoms with Crippen LogP contribution in [0, 0.1) is 0 Å². The van der Waals surface area contributed by atoms with Gasteiger partial charge in [-0.15, -0.1) is 0 Å². The highest BCUT2D eigenvalue weighted by atomic mass is 32.2. The summed E-state index contributed by atoms with van der Waals surface area (Å²) < 4.78 is 0.176. The van der Waals surface area contributed by atoms with Gasteiger partial charge in [-0.05, 0) is 11.6 Å². The predicted octanol–water partition coefficient (Wildman–Crippen LogP) is 1.10. The Kier molecular flexibility index (Phi) is 4.69. The first kappa shape index (κ1) is 17.3. The molecule has 0 saturated carbocycles. The third kappa shape index (κ3) is 3.33. The molecule has 3 amide bonds. The second kappa shape index (κ2) is 6.77. The van der Waals surface area contributed by atoms with E-state index in [-0.39, 0.29) is 10.7 Å². The van der Waals surface area contributed by atoms with Gasteiger partial charge in [-0.1, -0.05) is 54.3 Å². The van der Waals surface area contributed by atoms with E-state index in [2.05, 4.69) is 0 Å². The van der Waals surface area contributed by atoms with E-state index in [0.717, 1.165) is 22.2 Å². The zero-order valence-corrected chi connectivity index (χ0v) is 14.4. The Morgan fingerprint density at radius 3 is 2.60 bits per heavy atom. The van der Waals surface area contributed by atoms with Crippen molar-refractivity contribution in [1.82, 2.24) is 9.80 Å². The van der Waals surface area contributed by atoms with Crippen LogP contribution in [-0.4, -0.2) is 55.5 Å². The fraction of sp³-hybridized carbons (Fsp3) is 0.188. The summed E-state index contributed by atoms with van der Waals surface area (Å²) >= 11 is 6.25. The molecule has 0 aliphatic carbocycles. The van der Waals surface area contributed by atoms with Crippen LogP contribution >= 0.6 is 24.0 Å². The molecule has 2 heterocycles. The fourth-order valence-corrected chi connectivity index (χ4v) is 3.97. The lowest BCUT2D eigenvalue weighted by molar-refractivity contribution is -0.149. The van der Waals surface area contributed by atoms with E-state index in [1.54, 1.807) is 6.08 Å². The molecule has 0 bridgehead atoms. The van der Waals surface area contributed by atoms with Crippen molar-refractivity contribution >= 4 is 58.1 Å². The van der Waals surface area contributed by atoms with Crippen LogP contribution in [0.25, 0.3) is 6.08 Å². The standard InChI is InChI=1S/C16H12N2O5S2/c19-12-7-10(14(22)17(12)8-13(20)21)18-15(23)11(25-16(18)24)6-9-4-2-1-3-5-9/h1-6,10H,7-8H2,(H,20,21)/b11-6-. The Morgan fingerprint density at radius 1 is 1.28 bits per heavy atom. The summed E-state index contributed by atoms with van der Waals surface area (Å²) in [6, 6.07) is 8.07. The third-order valence-electron chi connectivity index (χ3n) is 3.75. The number of imide groups is 1. The van der Waals surface area contributed by atoms with Crippen molar-refractivity contribution in [3.05, 3.63) is 40.8 Å². The number of carbonyl (C=O) groups excluding carboxylic acids is 3. The lowest BCUT2D eigenvalue weighted by Gasteiger charge is -2.20. The predicted molar refractivity (Wildman–Crippen MR) is 94.2 cm³/mol. The lowest BCUT2D eigenvalue weighted by atomic mass is 10.2. The number of likely N-dealkylation sites (tertiary alicyclic amines) is 1. The smallest absolute Gasteiger partial charge is 0.323 e. The summed E-state index contributed by atoms with van der Waals surface area (Å²) in [6.45, 7) is -0.719. The maximum absolute atomic E-state index is 12.6. The summed E-state index contributed by atoms with van der Waals surface area (Å²) in [4.78, 5) is 49.8. The minimum absolute atomic E-state index is 0.176. The second-order valence-corrected chi connectivity index (χ2v) is 7.07.